The smallest absolute Gasteiger partial charge is 0.0525 e. The number of rotatable bonds is 4. The molecule has 0 aromatic carbocycles. The van der Waals surface area contributed by atoms with Crippen molar-refractivity contribution < 1.29 is 4.74 Å². The van der Waals surface area contributed by atoms with Gasteiger partial charge in [0.1, 0.15) is 0 Å². The Morgan fingerprint density at radius 2 is 2.00 bits per heavy atom. The van der Waals surface area contributed by atoms with Gasteiger partial charge in [-0.15, -0.1) is 0 Å². The van der Waals surface area contributed by atoms with Gasteiger partial charge in [-0.2, -0.15) is 0 Å². The van der Waals surface area contributed by atoms with Crippen LogP contribution in [-0.2, 0) is 4.74 Å². The molecule has 1 rings (SSSR count). The van der Waals surface area contributed by atoms with Crippen molar-refractivity contribution in [2.45, 2.75) is 46.1 Å². The summed E-state index contributed by atoms with van der Waals surface area (Å²) in [5, 5.41) is 0. The summed E-state index contributed by atoms with van der Waals surface area (Å²) in [5.41, 5.74) is 0.601. The highest BCUT2D eigenvalue weighted by Gasteiger charge is 2.40. The highest BCUT2D eigenvalue weighted by molar-refractivity contribution is 4.91. The highest BCUT2D eigenvalue weighted by Crippen LogP contribution is 2.48. The molecular weight excluding hydrogens is 124 g/mol. The Morgan fingerprint density at radius 3 is 2.30 bits per heavy atom. The summed E-state index contributed by atoms with van der Waals surface area (Å²) < 4.78 is 5.56. The van der Waals surface area contributed by atoms with Crippen LogP contribution in [0.25, 0.3) is 0 Å². The van der Waals surface area contributed by atoms with Gasteiger partial charge >= 0.3 is 0 Å². The van der Waals surface area contributed by atoms with Crippen LogP contribution in [0.4, 0.5) is 0 Å². The first kappa shape index (κ1) is 8.06. The topological polar surface area (TPSA) is 9.23 Å². The van der Waals surface area contributed by atoms with Gasteiger partial charge in [0.2, 0.25) is 0 Å². The summed E-state index contributed by atoms with van der Waals surface area (Å²) in [7, 11) is 0. The lowest BCUT2D eigenvalue weighted by molar-refractivity contribution is 0.0424. The highest BCUT2D eigenvalue weighted by atomic mass is 16.5. The monoisotopic (exact) mass is 142 g/mol. The average molecular weight is 142 g/mol. The molecule has 0 spiro atoms. The van der Waals surface area contributed by atoms with Crippen molar-refractivity contribution in [3.8, 4) is 0 Å². The van der Waals surface area contributed by atoms with Gasteiger partial charge in [0.05, 0.1) is 12.7 Å². The van der Waals surface area contributed by atoms with Gasteiger partial charge in [-0.05, 0) is 38.5 Å². The molecule has 1 nitrogen and oxygen atoms in total. The van der Waals surface area contributed by atoms with Gasteiger partial charge in [0.15, 0.2) is 0 Å². The predicted octanol–water partition coefficient (Wildman–Crippen LogP) is 2.60. The maximum absolute atomic E-state index is 5.56. The van der Waals surface area contributed by atoms with Crippen LogP contribution >= 0.6 is 0 Å². The summed E-state index contributed by atoms with van der Waals surface area (Å²) in [6.07, 6.45) is 4.47. The van der Waals surface area contributed by atoms with E-state index in [1.807, 2.05) is 0 Å². The number of ether oxygens (including phenoxy) is 1. The van der Waals surface area contributed by atoms with Gasteiger partial charge in [-0.1, -0.05) is 6.92 Å². The van der Waals surface area contributed by atoms with Crippen molar-refractivity contribution in [1.82, 2.24) is 0 Å². The first-order chi connectivity index (χ1) is 4.68. The predicted molar refractivity (Wildman–Crippen MR) is 43.0 cm³/mol. The molecule has 0 aliphatic heterocycles. The number of hydrogen-bond acceptors (Lipinski definition) is 1. The Kier molecular flexibility index (Phi) is 2.35. The molecule has 0 saturated heterocycles. The van der Waals surface area contributed by atoms with Crippen LogP contribution in [0.2, 0.25) is 0 Å². The molecule has 0 heterocycles. The summed E-state index contributed by atoms with van der Waals surface area (Å²) in [4.78, 5) is 0. The Balaban J connectivity index is 2.13. The van der Waals surface area contributed by atoms with Crippen LogP contribution in [0.15, 0.2) is 0 Å². The average Bonchev–Trinajstić information content (AvgIpc) is 2.64. The van der Waals surface area contributed by atoms with E-state index in [1.165, 1.54) is 19.3 Å². The minimum absolute atomic E-state index is 0.407. The molecule has 1 fully saturated rings. The summed E-state index contributed by atoms with van der Waals surface area (Å²) in [5.74, 6) is 0. The molecule has 60 valence electrons. The van der Waals surface area contributed by atoms with E-state index >= 15 is 0 Å². The second-order valence-corrected chi connectivity index (χ2v) is 3.71. The van der Waals surface area contributed by atoms with E-state index in [2.05, 4.69) is 20.8 Å². The van der Waals surface area contributed by atoms with Crippen molar-refractivity contribution in [2.24, 2.45) is 5.41 Å². The first-order valence-corrected chi connectivity index (χ1v) is 4.30. The fraction of sp³-hybridized carbons (Fsp3) is 1.00. The summed E-state index contributed by atoms with van der Waals surface area (Å²) >= 11 is 0. The lowest BCUT2D eigenvalue weighted by atomic mass is 10.1. The van der Waals surface area contributed by atoms with Crippen LogP contribution in [-0.4, -0.2) is 12.7 Å². The van der Waals surface area contributed by atoms with Crippen molar-refractivity contribution in [1.29, 1.82) is 0 Å². The standard InChI is InChI=1S/C9H18O/c1-4-9(5-6-9)7-10-8(2)3/h8H,4-7H2,1-3H3. The largest absolute Gasteiger partial charge is 0.378 e. The van der Waals surface area contributed by atoms with Crippen molar-refractivity contribution >= 4 is 0 Å². The molecule has 1 saturated carbocycles. The Bertz CT molecular complexity index is 103. The molecular formula is C9H18O. The molecule has 1 aliphatic carbocycles. The molecule has 0 N–H and O–H groups in total. The zero-order valence-electron chi connectivity index (χ0n) is 7.31. The van der Waals surface area contributed by atoms with Gasteiger partial charge in [0.25, 0.3) is 0 Å². The first-order valence-electron chi connectivity index (χ1n) is 4.30. The van der Waals surface area contributed by atoms with Crippen LogP contribution in [0, 0.1) is 5.41 Å². The van der Waals surface area contributed by atoms with Crippen LogP contribution in [0.1, 0.15) is 40.0 Å². The third-order valence-corrected chi connectivity index (χ3v) is 2.43. The van der Waals surface area contributed by atoms with E-state index in [1.54, 1.807) is 0 Å². The molecule has 1 heteroatoms. The van der Waals surface area contributed by atoms with E-state index in [4.69, 9.17) is 4.74 Å². The van der Waals surface area contributed by atoms with E-state index < -0.39 is 0 Å². The Morgan fingerprint density at radius 1 is 1.40 bits per heavy atom. The Hall–Kier alpha value is -0.0400. The maximum atomic E-state index is 5.56. The zero-order chi connectivity index (χ0) is 7.61. The van der Waals surface area contributed by atoms with Crippen molar-refractivity contribution in [3.63, 3.8) is 0 Å². The Labute approximate surface area is 63.8 Å². The molecule has 1 aliphatic rings. The van der Waals surface area contributed by atoms with Crippen molar-refractivity contribution in [2.75, 3.05) is 6.61 Å². The number of hydrogen-bond donors (Lipinski definition) is 0. The molecule has 0 aromatic rings. The lowest BCUT2D eigenvalue weighted by Crippen LogP contribution is -2.13. The fourth-order valence-corrected chi connectivity index (χ4v) is 1.12. The van der Waals surface area contributed by atoms with E-state index in [-0.39, 0.29) is 0 Å². The molecule has 0 atom stereocenters. The molecule has 0 amide bonds. The van der Waals surface area contributed by atoms with Gasteiger partial charge in [-0.3, -0.25) is 0 Å². The van der Waals surface area contributed by atoms with Crippen LogP contribution < -0.4 is 0 Å². The second-order valence-electron chi connectivity index (χ2n) is 3.71. The summed E-state index contributed by atoms with van der Waals surface area (Å²) in [6.45, 7) is 7.45. The molecule has 0 radical (unpaired) electrons. The second kappa shape index (κ2) is 2.91. The van der Waals surface area contributed by atoms with Crippen LogP contribution in [0.5, 0.6) is 0 Å². The lowest BCUT2D eigenvalue weighted by Gasteiger charge is -2.14. The summed E-state index contributed by atoms with van der Waals surface area (Å²) in [6, 6.07) is 0. The van der Waals surface area contributed by atoms with E-state index in [0.29, 0.717) is 11.5 Å². The minimum Gasteiger partial charge on any atom is -0.378 e. The molecule has 0 bridgehead atoms. The molecule has 0 unspecified atom stereocenters. The molecule has 0 aromatic heterocycles. The van der Waals surface area contributed by atoms with Gasteiger partial charge < -0.3 is 4.74 Å². The van der Waals surface area contributed by atoms with E-state index in [0.717, 1.165) is 6.61 Å². The van der Waals surface area contributed by atoms with Crippen LogP contribution in [0.3, 0.4) is 0 Å². The zero-order valence-corrected chi connectivity index (χ0v) is 7.31. The van der Waals surface area contributed by atoms with Crippen molar-refractivity contribution in [3.05, 3.63) is 0 Å². The van der Waals surface area contributed by atoms with E-state index in [9.17, 15) is 0 Å². The van der Waals surface area contributed by atoms with Gasteiger partial charge in [-0.25, -0.2) is 0 Å². The molecule has 10 heavy (non-hydrogen) atoms. The van der Waals surface area contributed by atoms with Gasteiger partial charge in [0, 0.05) is 0 Å². The minimum atomic E-state index is 0.407. The quantitative estimate of drug-likeness (QED) is 0.586. The third-order valence-electron chi connectivity index (χ3n) is 2.43. The maximum Gasteiger partial charge on any atom is 0.0525 e. The fourth-order valence-electron chi connectivity index (χ4n) is 1.12. The SMILES string of the molecule is CCC1(COC(C)C)CC1. The normalized spacial score (nSPS) is 21.6. The third kappa shape index (κ3) is 1.98.